The van der Waals surface area contributed by atoms with Crippen molar-refractivity contribution in [1.29, 1.82) is 0 Å². The predicted molar refractivity (Wildman–Crippen MR) is 61.8 cm³/mol. The van der Waals surface area contributed by atoms with E-state index in [-0.39, 0.29) is 5.82 Å². The van der Waals surface area contributed by atoms with Crippen molar-refractivity contribution in [3.63, 3.8) is 0 Å². The van der Waals surface area contributed by atoms with Gasteiger partial charge in [-0.25, -0.2) is 9.07 Å². The van der Waals surface area contributed by atoms with E-state index in [2.05, 4.69) is 31.6 Å². The number of rotatable bonds is 3. The molecule has 0 saturated carbocycles. The second kappa shape index (κ2) is 4.71. The fourth-order valence-electron chi connectivity index (χ4n) is 1.41. The summed E-state index contributed by atoms with van der Waals surface area (Å²) in [6.45, 7) is 0.650. The first-order valence-electron chi connectivity index (χ1n) is 4.72. The summed E-state index contributed by atoms with van der Waals surface area (Å²) in [4.78, 5) is 0. The molecule has 1 aromatic heterocycles. The largest absolute Gasteiger partial charge is 0.314 e. The zero-order valence-corrected chi connectivity index (χ0v) is 10.2. The molecule has 0 saturated heterocycles. The zero-order valence-electron chi connectivity index (χ0n) is 8.61. The molecule has 0 radical (unpaired) electrons. The predicted octanol–water partition coefficient (Wildman–Crippen LogP) is 1.89. The lowest BCUT2D eigenvalue weighted by molar-refractivity contribution is 0.624. The second-order valence-electron chi connectivity index (χ2n) is 3.26. The van der Waals surface area contributed by atoms with E-state index < -0.39 is 0 Å². The molecule has 0 atom stereocenters. The summed E-state index contributed by atoms with van der Waals surface area (Å²) in [7, 11) is 1.84. The maximum Gasteiger partial charge on any atom is 0.124 e. The van der Waals surface area contributed by atoms with Crippen molar-refractivity contribution in [2.75, 3.05) is 7.05 Å². The third-order valence-corrected chi connectivity index (χ3v) is 2.75. The smallest absolute Gasteiger partial charge is 0.124 e. The Labute approximate surface area is 101 Å². The third kappa shape index (κ3) is 2.12. The Morgan fingerprint density at radius 1 is 1.50 bits per heavy atom. The first-order chi connectivity index (χ1) is 7.72. The van der Waals surface area contributed by atoms with E-state index in [0.717, 1.165) is 11.4 Å². The summed E-state index contributed by atoms with van der Waals surface area (Å²) in [5.74, 6) is -0.286. The Morgan fingerprint density at radius 3 is 3.00 bits per heavy atom. The lowest BCUT2D eigenvalue weighted by atomic mass is 10.3. The van der Waals surface area contributed by atoms with Gasteiger partial charge in [0.15, 0.2) is 0 Å². The fourth-order valence-corrected chi connectivity index (χ4v) is 1.93. The van der Waals surface area contributed by atoms with Crippen LogP contribution in [0.2, 0.25) is 0 Å². The van der Waals surface area contributed by atoms with E-state index >= 15 is 0 Å². The minimum atomic E-state index is -0.286. The van der Waals surface area contributed by atoms with Crippen LogP contribution in [-0.2, 0) is 6.54 Å². The summed E-state index contributed by atoms with van der Waals surface area (Å²) in [5, 5.41) is 10.8. The minimum absolute atomic E-state index is 0.286. The van der Waals surface area contributed by atoms with Crippen LogP contribution in [0.3, 0.4) is 0 Å². The molecule has 1 aromatic carbocycles. The average Bonchev–Trinajstić information content (AvgIpc) is 2.67. The van der Waals surface area contributed by atoms with E-state index in [1.54, 1.807) is 16.9 Å². The molecule has 0 spiro atoms. The highest BCUT2D eigenvalue weighted by atomic mass is 79.9. The van der Waals surface area contributed by atoms with Crippen molar-refractivity contribution in [2.45, 2.75) is 6.54 Å². The lowest BCUT2D eigenvalue weighted by Gasteiger charge is -2.07. The van der Waals surface area contributed by atoms with Crippen LogP contribution in [0.4, 0.5) is 4.39 Å². The molecule has 0 aliphatic heterocycles. The van der Waals surface area contributed by atoms with Gasteiger partial charge in [-0.3, -0.25) is 0 Å². The minimum Gasteiger partial charge on any atom is -0.314 e. The van der Waals surface area contributed by atoms with E-state index in [0.29, 0.717) is 11.0 Å². The molecule has 0 aliphatic carbocycles. The van der Waals surface area contributed by atoms with Crippen molar-refractivity contribution in [3.05, 3.63) is 40.4 Å². The average molecular weight is 285 g/mol. The van der Waals surface area contributed by atoms with E-state index in [4.69, 9.17) is 0 Å². The maximum absolute atomic E-state index is 13.0. The SMILES string of the molecule is CNCc1cnnn1-c1ccc(F)cc1Br. The standard InChI is InChI=1S/C10H10BrFN4/c1-13-5-8-6-14-15-16(8)10-3-2-7(12)4-9(10)11/h2-4,6,13H,5H2,1H3. The van der Waals surface area contributed by atoms with Crippen LogP contribution in [0.15, 0.2) is 28.9 Å². The molecule has 2 rings (SSSR count). The third-order valence-electron chi connectivity index (χ3n) is 2.12. The monoisotopic (exact) mass is 284 g/mol. The van der Waals surface area contributed by atoms with Crippen LogP contribution in [0.5, 0.6) is 0 Å². The van der Waals surface area contributed by atoms with Gasteiger partial charge in [0, 0.05) is 11.0 Å². The van der Waals surface area contributed by atoms with Gasteiger partial charge in [-0.05, 0) is 41.2 Å². The lowest BCUT2D eigenvalue weighted by Crippen LogP contribution is -2.11. The van der Waals surface area contributed by atoms with Crippen LogP contribution in [0.25, 0.3) is 5.69 Å². The summed E-state index contributed by atoms with van der Waals surface area (Å²) < 4.78 is 15.3. The van der Waals surface area contributed by atoms with Crippen LogP contribution in [0, 0.1) is 5.82 Å². The van der Waals surface area contributed by atoms with Crippen LogP contribution < -0.4 is 5.32 Å². The Bertz CT molecular complexity index is 497. The molecule has 0 bridgehead atoms. The fraction of sp³-hybridized carbons (Fsp3) is 0.200. The number of aromatic nitrogens is 3. The van der Waals surface area contributed by atoms with Crippen molar-refractivity contribution >= 4 is 15.9 Å². The molecular weight excluding hydrogens is 275 g/mol. The number of benzene rings is 1. The molecule has 16 heavy (non-hydrogen) atoms. The molecule has 2 aromatic rings. The molecule has 0 unspecified atom stereocenters. The summed E-state index contributed by atoms with van der Waals surface area (Å²) >= 11 is 3.30. The normalized spacial score (nSPS) is 10.7. The molecule has 0 aliphatic rings. The van der Waals surface area contributed by atoms with Crippen molar-refractivity contribution in [2.24, 2.45) is 0 Å². The van der Waals surface area contributed by atoms with Crippen molar-refractivity contribution in [1.82, 2.24) is 20.3 Å². The van der Waals surface area contributed by atoms with E-state index in [1.165, 1.54) is 12.1 Å². The van der Waals surface area contributed by atoms with Crippen molar-refractivity contribution in [3.8, 4) is 5.69 Å². The molecule has 84 valence electrons. The Morgan fingerprint density at radius 2 is 2.31 bits per heavy atom. The van der Waals surface area contributed by atoms with E-state index in [9.17, 15) is 4.39 Å². The quantitative estimate of drug-likeness (QED) is 0.936. The van der Waals surface area contributed by atoms with Crippen LogP contribution in [-0.4, -0.2) is 22.0 Å². The highest BCUT2D eigenvalue weighted by Crippen LogP contribution is 2.22. The molecule has 1 N–H and O–H groups in total. The molecule has 0 amide bonds. The number of halogens is 2. The van der Waals surface area contributed by atoms with Gasteiger partial charge in [-0.2, -0.15) is 0 Å². The van der Waals surface area contributed by atoms with Crippen molar-refractivity contribution < 1.29 is 4.39 Å². The molecule has 0 fully saturated rings. The molecule has 4 nitrogen and oxygen atoms in total. The first-order valence-corrected chi connectivity index (χ1v) is 5.51. The van der Waals surface area contributed by atoms with Gasteiger partial charge in [0.25, 0.3) is 0 Å². The number of hydrogen-bond donors (Lipinski definition) is 1. The van der Waals surface area contributed by atoms with Gasteiger partial charge in [-0.15, -0.1) is 5.10 Å². The number of hydrogen-bond acceptors (Lipinski definition) is 3. The Hall–Kier alpha value is -1.27. The van der Waals surface area contributed by atoms with E-state index in [1.807, 2.05) is 7.05 Å². The summed E-state index contributed by atoms with van der Waals surface area (Å²) in [6, 6.07) is 4.46. The number of nitrogens with one attached hydrogen (secondary N) is 1. The molecule has 1 heterocycles. The van der Waals surface area contributed by atoms with Gasteiger partial charge < -0.3 is 5.32 Å². The van der Waals surface area contributed by atoms with Crippen LogP contribution in [0.1, 0.15) is 5.69 Å². The highest BCUT2D eigenvalue weighted by molar-refractivity contribution is 9.10. The topological polar surface area (TPSA) is 42.7 Å². The van der Waals surface area contributed by atoms with Gasteiger partial charge in [0.1, 0.15) is 5.82 Å². The second-order valence-corrected chi connectivity index (χ2v) is 4.12. The Balaban J connectivity index is 2.46. The number of nitrogens with zero attached hydrogens (tertiary/aromatic N) is 3. The van der Waals surface area contributed by atoms with Gasteiger partial charge in [-0.1, -0.05) is 5.21 Å². The highest BCUT2D eigenvalue weighted by Gasteiger charge is 2.09. The molecular formula is C10H10BrFN4. The van der Waals surface area contributed by atoms with Crippen LogP contribution >= 0.6 is 15.9 Å². The first kappa shape index (κ1) is 11.2. The zero-order chi connectivity index (χ0) is 11.5. The van der Waals surface area contributed by atoms with Gasteiger partial charge in [0.05, 0.1) is 17.6 Å². The van der Waals surface area contributed by atoms with Gasteiger partial charge in [0.2, 0.25) is 0 Å². The molecule has 6 heteroatoms. The van der Waals surface area contributed by atoms with Gasteiger partial charge >= 0.3 is 0 Å². The summed E-state index contributed by atoms with van der Waals surface area (Å²) in [5.41, 5.74) is 1.68. The summed E-state index contributed by atoms with van der Waals surface area (Å²) in [6.07, 6.45) is 1.67. The maximum atomic E-state index is 13.0. The Kier molecular flexibility index (Phi) is 3.31.